The first-order valence-electron chi connectivity index (χ1n) is 4.88. The molecule has 0 heterocycles. The topological polar surface area (TPSA) is 70.0 Å². The summed E-state index contributed by atoms with van der Waals surface area (Å²) in [5, 5.41) is 8.14. The summed E-state index contributed by atoms with van der Waals surface area (Å²) in [4.78, 5) is 0. The van der Waals surface area contributed by atoms with Gasteiger partial charge in [0.2, 0.25) is 10.0 Å². The van der Waals surface area contributed by atoms with E-state index in [-0.39, 0.29) is 0 Å². The van der Waals surface area contributed by atoms with Crippen molar-refractivity contribution in [1.82, 2.24) is 4.72 Å². The Morgan fingerprint density at radius 3 is 2.53 bits per heavy atom. The van der Waals surface area contributed by atoms with Gasteiger partial charge in [0.15, 0.2) is 5.25 Å². The molecule has 0 radical (unpaired) electrons. The van der Waals surface area contributed by atoms with E-state index in [1.54, 1.807) is 24.8 Å². The average Bonchev–Trinajstić information content (AvgIpc) is 2.18. The third-order valence-corrected chi connectivity index (χ3v) is 4.98. The summed E-state index contributed by atoms with van der Waals surface area (Å²) in [7, 11) is -3.45. The Morgan fingerprint density at radius 2 is 2.13 bits per heavy atom. The van der Waals surface area contributed by atoms with E-state index in [2.05, 4.69) is 4.72 Å². The first kappa shape index (κ1) is 14.8. The van der Waals surface area contributed by atoms with Crippen LogP contribution in [-0.2, 0) is 10.0 Å². The molecule has 2 unspecified atom stereocenters. The van der Waals surface area contributed by atoms with Gasteiger partial charge in [-0.3, -0.25) is 0 Å². The molecule has 0 saturated heterocycles. The monoisotopic (exact) mass is 250 g/mol. The Hall–Kier alpha value is -0.250. The second-order valence-corrected chi connectivity index (χ2v) is 6.52. The summed E-state index contributed by atoms with van der Waals surface area (Å²) in [6, 6.07) is 1.79. The molecule has 0 fully saturated rings. The number of sulfonamides is 1. The van der Waals surface area contributed by atoms with Crippen LogP contribution < -0.4 is 4.72 Å². The Bertz CT molecular complexity index is 309. The minimum atomic E-state index is -3.45. The number of thioether (sulfide) groups is 1. The summed E-state index contributed by atoms with van der Waals surface area (Å²) >= 11 is 1.70. The normalized spacial score (nSPS) is 15.6. The lowest BCUT2D eigenvalue weighted by Crippen LogP contribution is -2.34. The molecule has 1 N–H and O–H groups in total. The zero-order valence-electron chi connectivity index (χ0n) is 9.36. The standard InChI is InChI=1S/C9H18N2O2S2/c1-4-9(7-10)15(12,13)11-6-5-8(2)14-3/h8-9,11H,4-6H2,1-3H3. The molecule has 0 bridgehead atoms. The van der Waals surface area contributed by atoms with Crippen molar-refractivity contribution in [1.29, 1.82) is 5.26 Å². The van der Waals surface area contributed by atoms with Crippen LogP contribution in [0.1, 0.15) is 26.7 Å². The first-order valence-corrected chi connectivity index (χ1v) is 7.72. The lowest BCUT2D eigenvalue weighted by molar-refractivity contribution is 0.570. The van der Waals surface area contributed by atoms with E-state index < -0.39 is 15.3 Å². The summed E-state index contributed by atoms with van der Waals surface area (Å²) in [5.41, 5.74) is 0. The smallest absolute Gasteiger partial charge is 0.214 e. The molecule has 0 spiro atoms. The van der Waals surface area contributed by atoms with E-state index in [1.165, 1.54) is 0 Å². The molecule has 0 aromatic carbocycles. The van der Waals surface area contributed by atoms with Crippen LogP contribution in [0.25, 0.3) is 0 Å². The highest BCUT2D eigenvalue weighted by molar-refractivity contribution is 7.99. The highest BCUT2D eigenvalue weighted by Gasteiger charge is 2.22. The Kier molecular flexibility index (Phi) is 6.98. The minimum absolute atomic E-state index is 0.323. The highest BCUT2D eigenvalue weighted by Crippen LogP contribution is 2.09. The van der Waals surface area contributed by atoms with Crippen LogP contribution in [0.3, 0.4) is 0 Å². The summed E-state index contributed by atoms with van der Waals surface area (Å²) in [5.74, 6) is 0. The van der Waals surface area contributed by atoms with E-state index in [0.29, 0.717) is 18.2 Å². The maximum Gasteiger partial charge on any atom is 0.227 e. The number of hydrogen-bond acceptors (Lipinski definition) is 4. The summed E-state index contributed by atoms with van der Waals surface area (Å²) in [6.45, 7) is 4.14. The van der Waals surface area contributed by atoms with Gasteiger partial charge in [0.25, 0.3) is 0 Å². The molecule has 0 saturated carbocycles. The zero-order chi connectivity index (χ0) is 11.9. The van der Waals surface area contributed by atoms with Crippen LogP contribution in [-0.4, -0.2) is 31.7 Å². The second-order valence-electron chi connectivity index (χ2n) is 3.30. The molecule has 88 valence electrons. The molecule has 0 aromatic rings. The van der Waals surface area contributed by atoms with Gasteiger partial charge in [-0.15, -0.1) is 0 Å². The molecule has 6 heteroatoms. The van der Waals surface area contributed by atoms with E-state index in [0.717, 1.165) is 6.42 Å². The summed E-state index contributed by atoms with van der Waals surface area (Å²) < 4.78 is 25.5. The number of nitrogens with zero attached hydrogens (tertiary/aromatic N) is 1. The minimum Gasteiger partial charge on any atom is -0.214 e. The number of nitrogens with one attached hydrogen (secondary N) is 1. The van der Waals surface area contributed by atoms with Crippen LogP contribution in [0.5, 0.6) is 0 Å². The molecule has 0 aliphatic heterocycles. The molecular weight excluding hydrogens is 232 g/mol. The lowest BCUT2D eigenvalue weighted by Gasteiger charge is -2.11. The largest absolute Gasteiger partial charge is 0.227 e. The molecule has 0 aliphatic rings. The fourth-order valence-electron chi connectivity index (χ4n) is 1.00. The van der Waals surface area contributed by atoms with Gasteiger partial charge in [-0.25, -0.2) is 13.1 Å². The molecule has 0 aliphatic carbocycles. The van der Waals surface area contributed by atoms with E-state index >= 15 is 0 Å². The number of hydrogen-bond donors (Lipinski definition) is 1. The van der Waals surface area contributed by atoms with Gasteiger partial charge in [0, 0.05) is 11.8 Å². The first-order chi connectivity index (χ1) is 6.97. The lowest BCUT2D eigenvalue weighted by atomic mass is 10.3. The maximum absolute atomic E-state index is 11.5. The molecule has 15 heavy (non-hydrogen) atoms. The Morgan fingerprint density at radius 1 is 1.53 bits per heavy atom. The van der Waals surface area contributed by atoms with Crippen LogP contribution >= 0.6 is 11.8 Å². The van der Waals surface area contributed by atoms with Crippen molar-refractivity contribution < 1.29 is 8.42 Å². The molecule has 2 atom stereocenters. The van der Waals surface area contributed by atoms with Crippen molar-refractivity contribution in [2.45, 2.75) is 37.2 Å². The van der Waals surface area contributed by atoms with E-state index in [9.17, 15) is 8.42 Å². The average molecular weight is 250 g/mol. The predicted octanol–water partition coefficient (Wildman–Crippen LogP) is 1.35. The van der Waals surface area contributed by atoms with Gasteiger partial charge >= 0.3 is 0 Å². The van der Waals surface area contributed by atoms with Crippen LogP contribution in [0.2, 0.25) is 0 Å². The predicted molar refractivity (Wildman–Crippen MR) is 64.2 cm³/mol. The van der Waals surface area contributed by atoms with Crippen molar-refractivity contribution >= 4 is 21.8 Å². The van der Waals surface area contributed by atoms with Crippen molar-refractivity contribution in [3.8, 4) is 6.07 Å². The second kappa shape index (κ2) is 7.09. The third-order valence-electron chi connectivity index (χ3n) is 2.15. The number of rotatable bonds is 7. The van der Waals surface area contributed by atoms with Crippen LogP contribution in [0, 0.1) is 11.3 Å². The van der Waals surface area contributed by atoms with E-state index in [4.69, 9.17) is 5.26 Å². The van der Waals surface area contributed by atoms with Crippen LogP contribution in [0.15, 0.2) is 0 Å². The summed E-state index contributed by atoms with van der Waals surface area (Å²) in [6.07, 6.45) is 3.09. The van der Waals surface area contributed by atoms with Gasteiger partial charge in [-0.1, -0.05) is 13.8 Å². The third kappa shape index (κ3) is 5.40. The highest BCUT2D eigenvalue weighted by atomic mass is 32.2. The molecule has 4 nitrogen and oxygen atoms in total. The van der Waals surface area contributed by atoms with E-state index in [1.807, 2.05) is 13.2 Å². The maximum atomic E-state index is 11.5. The SMILES string of the molecule is CCC(C#N)S(=O)(=O)NCCC(C)SC. The van der Waals surface area contributed by atoms with Gasteiger partial charge in [0.05, 0.1) is 6.07 Å². The quantitative estimate of drug-likeness (QED) is 0.740. The van der Waals surface area contributed by atoms with Crippen molar-refractivity contribution in [3.63, 3.8) is 0 Å². The fraction of sp³-hybridized carbons (Fsp3) is 0.889. The van der Waals surface area contributed by atoms with Crippen molar-refractivity contribution in [2.75, 3.05) is 12.8 Å². The molecule has 0 amide bonds. The Balaban J connectivity index is 4.12. The number of nitriles is 1. The fourth-order valence-corrected chi connectivity index (χ4v) is 2.54. The van der Waals surface area contributed by atoms with Crippen molar-refractivity contribution in [3.05, 3.63) is 0 Å². The van der Waals surface area contributed by atoms with Crippen LogP contribution in [0.4, 0.5) is 0 Å². The van der Waals surface area contributed by atoms with Gasteiger partial charge in [-0.2, -0.15) is 17.0 Å². The van der Waals surface area contributed by atoms with Gasteiger partial charge in [-0.05, 0) is 19.1 Å². The Labute approximate surface area is 96.5 Å². The van der Waals surface area contributed by atoms with Gasteiger partial charge < -0.3 is 0 Å². The molecule has 0 rings (SSSR count). The van der Waals surface area contributed by atoms with Gasteiger partial charge in [0.1, 0.15) is 0 Å². The molecular formula is C9H18N2O2S2. The zero-order valence-corrected chi connectivity index (χ0v) is 11.0. The van der Waals surface area contributed by atoms with Crippen molar-refractivity contribution in [2.24, 2.45) is 0 Å². The molecule has 0 aromatic heterocycles.